The Morgan fingerprint density at radius 3 is 2.96 bits per heavy atom. The van der Waals surface area contributed by atoms with Gasteiger partial charge in [-0.2, -0.15) is 5.10 Å². The lowest BCUT2D eigenvalue weighted by Gasteiger charge is -2.07. The van der Waals surface area contributed by atoms with Crippen LogP contribution in [0.4, 0.5) is 0 Å². The van der Waals surface area contributed by atoms with E-state index < -0.39 is 5.91 Å². The summed E-state index contributed by atoms with van der Waals surface area (Å²) in [6.45, 7) is -0.148. The Balaban J connectivity index is 2.05. The predicted octanol–water partition coefficient (Wildman–Crippen LogP) is 1.48. The van der Waals surface area contributed by atoms with Crippen molar-refractivity contribution in [3.63, 3.8) is 0 Å². The highest BCUT2D eigenvalue weighted by Gasteiger charge is 2.08. The molecule has 2 N–H and O–H groups in total. The zero-order valence-electron chi connectivity index (χ0n) is 12.2. The molecule has 0 saturated heterocycles. The lowest BCUT2D eigenvalue weighted by atomic mass is 10.2. The van der Waals surface area contributed by atoms with Crippen molar-refractivity contribution in [2.75, 3.05) is 7.11 Å². The van der Waals surface area contributed by atoms with Gasteiger partial charge in [0, 0.05) is 22.3 Å². The van der Waals surface area contributed by atoms with Crippen molar-refractivity contribution in [1.82, 2.24) is 9.99 Å². The van der Waals surface area contributed by atoms with Crippen LogP contribution in [0, 0.1) is 0 Å². The molecule has 0 fully saturated rings. The Bertz CT molecular complexity index is 802. The zero-order chi connectivity index (χ0) is 16.8. The summed E-state index contributed by atoms with van der Waals surface area (Å²) in [5.41, 5.74) is 2.39. The molecule has 1 heterocycles. The van der Waals surface area contributed by atoms with E-state index in [1.807, 2.05) is 0 Å². The smallest absolute Gasteiger partial charge is 0.260 e. The molecule has 0 aliphatic heterocycles. The molecule has 0 radical (unpaired) electrons. The fraction of sp³-hybridized carbons (Fsp3) is 0.133. The topological polar surface area (TPSA) is 92.9 Å². The van der Waals surface area contributed by atoms with Crippen molar-refractivity contribution in [2.24, 2.45) is 5.10 Å². The molecule has 0 spiro atoms. The number of ether oxygens (including phenoxy) is 1. The van der Waals surface area contributed by atoms with Gasteiger partial charge in [0.25, 0.3) is 11.5 Å². The van der Waals surface area contributed by atoms with Gasteiger partial charge >= 0.3 is 0 Å². The van der Waals surface area contributed by atoms with Crippen molar-refractivity contribution in [2.45, 2.75) is 6.54 Å². The molecule has 2 rings (SSSR count). The van der Waals surface area contributed by atoms with E-state index in [0.29, 0.717) is 10.0 Å². The molecule has 1 aromatic carbocycles. The number of rotatable bonds is 5. The normalized spacial score (nSPS) is 10.7. The fourth-order valence-electron chi connectivity index (χ4n) is 1.80. The number of nitrogens with zero attached hydrogens (tertiary/aromatic N) is 2. The predicted molar refractivity (Wildman–Crippen MR) is 88.8 cm³/mol. The van der Waals surface area contributed by atoms with E-state index in [0.717, 1.165) is 0 Å². The fourth-order valence-corrected chi connectivity index (χ4v) is 2.26. The first-order valence-corrected chi connectivity index (χ1v) is 7.34. The number of aromatic hydroxyl groups is 1. The number of carbonyl (C=O) groups excluding carboxylic acids is 1. The molecule has 8 heteroatoms. The summed E-state index contributed by atoms with van der Waals surface area (Å²) in [7, 11) is 1.43. The highest BCUT2D eigenvalue weighted by Crippen LogP contribution is 2.32. The second-order valence-corrected chi connectivity index (χ2v) is 5.42. The maximum absolute atomic E-state index is 11.7. The molecule has 0 aliphatic rings. The number of halogens is 1. The molecular weight excluding hydrogens is 366 g/mol. The number of nitrogens with one attached hydrogen (secondary N) is 1. The number of hydrazone groups is 1. The summed E-state index contributed by atoms with van der Waals surface area (Å²) in [6.07, 6.45) is 2.80. The summed E-state index contributed by atoms with van der Waals surface area (Å²) >= 11 is 3.28. The Hall–Kier alpha value is -2.61. The van der Waals surface area contributed by atoms with Crippen molar-refractivity contribution < 1.29 is 14.6 Å². The summed E-state index contributed by atoms with van der Waals surface area (Å²) in [5, 5.41) is 13.7. The third kappa shape index (κ3) is 4.43. The highest BCUT2D eigenvalue weighted by molar-refractivity contribution is 9.10. The molecule has 23 heavy (non-hydrogen) atoms. The van der Waals surface area contributed by atoms with Gasteiger partial charge in [-0.1, -0.05) is 22.0 Å². The number of aromatic nitrogens is 1. The van der Waals surface area contributed by atoms with Gasteiger partial charge in [0.15, 0.2) is 11.5 Å². The molecule has 120 valence electrons. The van der Waals surface area contributed by atoms with Crippen molar-refractivity contribution in [3.8, 4) is 11.5 Å². The minimum atomic E-state index is -0.462. The maximum atomic E-state index is 11.7. The number of benzene rings is 1. The van der Waals surface area contributed by atoms with Crippen molar-refractivity contribution in [3.05, 3.63) is 56.9 Å². The first-order chi connectivity index (χ1) is 11.0. The van der Waals surface area contributed by atoms with E-state index in [2.05, 4.69) is 26.5 Å². The van der Waals surface area contributed by atoms with Gasteiger partial charge in [-0.05, 0) is 18.2 Å². The van der Waals surface area contributed by atoms with Crippen LogP contribution in [0.1, 0.15) is 5.56 Å². The standard InChI is InChI=1S/C15H14BrN3O4/c1-23-12-7-11(16)6-10(15(12)22)8-17-18-13(20)9-19-5-3-2-4-14(19)21/h2-8,22H,9H2,1H3,(H,18,20)/b17-8+. The van der Waals surface area contributed by atoms with Crippen LogP contribution in [-0.4, -0.2) is 28.9 Å². The van der Waals surface area contributed by atoms with Gasteiger partial charge < -0.3 is 14.4 Å². The van der Waals surface area contributed by atoms with Crippen LogP contribution < -0.4 is 15.7 Å². The average molecular weight is 380 g/mol. The number of phenols is 1. The van der Waals surface area contributed by atoms with Gasteiger partial charge in [-0.3, -0.25) is 9.59 Å². The second-order valence-electron chi connectivity index (χ2n) is 4.51. The quantitative estimate of drug-likeness (QED) is 0.607. The van der Waals surface area contributed by atoms with E-state index >= 15 is 0 Å². The monoisotopic (exact) mass is 379 g/mol. The molecule has 0 unspecified atom stereocenters. The van der Waals surface area contributed by atoms with E-state index in [4.69, 9.17) is 4.74 Å². The van der Waals surface area contributed by atoms with Gasteiger partial charge in [0.05, 0.1) is 13.3 Å². The Morgan fingerprint density at radius 2 is 2.26 bits per heavy atom. The SMILES string of the molecule is COc1cc(Br)cc(/C=N/NC(=O)Cn2ccccc2=O)c1O. The van der Waals surface area contributed by atoms with Crippen molar-refractivity contribution >= 4 is 28.1 Å². The van der Waals surface area contributed by atoms with Gasteiger partial charge in [0.1, 0.15) is 6.54 Å². The summed E-state index contributed by atoms with van der Waals surface area (Å²) < 4.78 is 6.96. The van der Waals surface area contributed by atoms with E-state index in [1.165, 1.54) is 30.2 Å². The number of phenolic OH excluding ortho intramolecular Hbond substituents is 1. The van der Waals surface area contributed by atoms with Crippen LogP contribution in [0.2, 0.25) is 0 Å². The summed E-state index contributed by atoms with van der Waals surface area (Å²) in [5.74, 6) is -0.271. The molecule has 0 saturated carbocycles. The van der Waals surface area contributed by atoms with E-state index in [9.17, 15) is 14.7 Å². The number of hydrogen-bond donors (Lipinski definition) is 2. The molecule has 2 aromatic rings. The number of pyridine rings is 1. The lowest BCUT2D eigenvalue weighted by molar-refractivity contribution is -0.121. The average Bonchev–Trinajstić information content (AvgIpc) is 2.52. The first kappa shape index (κ1) is 16.8. The molecule has 1 amide bonds. The first-order valence-electron chi connectivity index (χ1n) is 6.55. The molecule has 1 aromatic heterocycles. The number of hydrogen-bond acceptors (Lipinski definition) is 5. The maximum Gasteiger partial charge on any atom is 0.260 e. The molecule has 0 aliphatic carbocycles. The Labute approximate surface area is 140 Å². The number of amides is 1. The van der Waals surface area contributed by atoms with E-state index in [1.54, 1.807) is 24.3 Å². The largest absolute Gasteiger partial charge is 0.504 e. The Morgan fingerprint density at radius 1 is 1.48 bits per heavy atom. The van der Waals surface area contributed by atoms with Crippen LogP contribution >= 0.6 is 15.9 Å². The van der Waals surface area contributed by atoms with Crippen LogP contribution in [0.5, 0.6) is 11.5 Å². The van der Waals surface area contributed by atoms with Crippen LogP contribution in [-0.2, 0) is 11.3 Å². The zero-order valence-corrected chi connectivity index (χ0v) is 13.8. The summed E-state index contributed by atoms with van der Waals surface area (Å²) in [6, 6.07) is 7.84. The van der Waals surface area contributed by atoms with Crippen molar-refractivity contribution in [1.29, 1.82) is 0 Å². The minimum Gasteiger partial charge on any atom is -0.504 e. The number of methoxy groups -OCH3 is 1. The van der Waals surface area contributed by atoms with Crippen LogP contribution in [0.3, 0.4) is 0 Å². The second kappa shape index (κ2) is 7.59. The van der Waals surface area contributed by atoms with Gasteiger partial charge in [0.2, 0.25) is 0 Å². The minimum absolute atomic E-state index is 0.0898. The molecule has 0 atom stereocenters. The van der Waals surface area contributed by atoms with E-state index in [-0.39, 0.29) is 23.6 Å². The highest BCUT2D eigenvalue weighted by atomic mass is 79.9. The lowest BCUT2D eigenvalue weighted by Crippen LogP contribution is -2.28. The third-order valence-electron chi connectivity index (χ3n) is 2.89. The Kier molecular flexibility index (Phi) is 5.53. The van der Waals surface area contributed by atoms with Gasteiger partial charge in [-0.25, -0.2) is 5.43 Å². The number of carbonyl (C=O) groups is 1. The third-order valence-corrected chi connectivity index (χ3v) is 3.35. The van der Waals surface area contributed by atoms with Crippen LogP contribution in [0.15, 0.2) is 50.9 Å². The molecule has 0 bridgehead atoms. The molecular formula is C15H14BrN3O4. The summed E-state index contributed by atoms with van der Waals surface area (Å²) in [4.78, 5) is 23.2. The van der Waals surface area contributed by atoms with Crippen LogP contribution in [0.25, 0.3) is 0 Å². The van der Waals surface area contributed by atoms with Gasteiger partial charge in [-0.15, -0.1) is 0 Å². The molecule has 7 nitrogen and oxygen atoms in total.